The van der Waals surface area contributed by atoms with Gasteiger partial charge in [0.05, 0.1) is 8.07 Å². The molecule has 13 heavy (non-hydrogen) atoms. The second-order valence-electron chi connectivity index (χ2n) is 4.22. The predicted octanol–water partition coefficient (Wildman–Crippen LogP) is 4.34. The molecule has 1 aromatic carbocycles. The Hall–Kier alpha value is -0.0931. The van der Waals surface area contributed by atoms with Crippen LogP contribution in [0.3, 0.4) is 0 Å². The number of rotatable bonds is 2. The molecule has 0 atom stereocenters. The highest BCUT2D eigenvalue weighted by Gasteiger charge is 2.10. The maximum Gasteiger partial charge on any atom is 0.0701 e. The van der Waals surface area contributed by atoms with Crippen molar-refractivity contribution in [3.63, 3.8) is 0 Å². The van der Waals surface area contributed by atoms with Crippen molar-refractivity contribution in [1.29, 1.82) is 0 Å². The average molecular weight is 302 g/mol. The molecule has 0 nitrogen and oxygen atoms in total. The Kier molecular flexibility index (Phi) is 3.73. The zero-order valence-corrected chi connectivity index (χ0v) is 11.5. The molecule has 0 bridgehead atoms. The van der Waals surface area contributed by atoms with Crippen LogP contribution in [0.4, 0.5) is 0 Å². The van der Waals surface area contributed by atoms with Crippen LogP contribution in [0, 0.1) is 0 Å². The summed E-state index contributed by atoms with van der Waals surface area (Å²) in [6.07, 6.45) is 0. The Balaban J connectivity index is 2.92. The van der Waals surface area contributed by atoms with E-state index in [0.717, 1.165) is 0 Å². The molecule has 0 amide bonds. The summed E-state index contributed by atoms with van der Waals surface area (Å²) in [5, 5.41) is 0. The van der Waals surface area contributed by atoms with E-state index in [9.17, 15) is 0 Å². The molecule has 70 valence electrons. The van der Waals surface area contributed by atoms with Crippen LogP contribution in [0.5, 0.6) is 0 Å². The summed E-state index contributed by atoms with van der Waals surface area (Å²) < 4.78 is 1.39. The van der Waals surface area contributed by atoms with E-state index in [4.69, 9.17) is 0 Å². The molecule has 0 aliphatic heterocycles. The van der Waals surface area contributed by atoms with Crippen LogP contribution >= 0.6 is 22.6 Å². The summed E-state index contributed by atoms with van der Waals surface area (Å²) >= 11 is 2.43. The Bertz CT molecular complexity index is 296. The number of hydrogen-bond acceptors (Lipinski definition) is 0. The van der Waals surface area contributed by atoms with E-state index in [0.29, 0.717) is 0 Å². The van der Waals surface area contributed by atoms with Gasteiger partial charge in [-0.25, -0.2) is 0 Å². The molecule has 0 aliphatic rings. The van der Waals surface area contributed by atoms with Gasteiger partial charge in [-0.2, -0.15) is 0 Å². The summed E-state index contributed by atoms with van der Waals surface area (Å²) in [5.74, 6) is 0. The quantitative estimate of drug-likeness (QED) is 0.563. The molecule has 0 heterocycles. The first-order valence-electron chi connectivity index (χ1n) is 4.43. The lowest BCUT2D eigenvalue weighted by atomic mass is 10.2. The van der Waals surface area contributed by atoms with Crippen LogP contribution in [0.25, 0.3) is 3.58 Å². The molecular weight excluding hydrogens is 287 g/mol. The lowest BCUT2D eigenvalue weighted by molar-refractivity contribution is 1.65. The van der Waals surface area contributed by atoms with E-state index >= 15 is 0 Å². The number of halogens is 1. The van der Waals surface area contributed by atoms with Crippen LogP contribution < -0.4 is 0 Å². The summed E-state index contributed by atoms with van der Waals surface area (Å²) in [4.78, 5) is 0. The molecule has 1 rings (SSSR count). The Labute approximate surface area is 95.2 Å². The van der Waals surface area contributed by atoms with Gasteiger partial charge in [0.15, 0.2) is 0 Å². The SMILES string of the molecule is C[Si](C)(C)/C=C(\I)c1ccccc1. The molecule has 0 aliphatic carbocycles. The first-order valence-corrected chi connectivity index (χ1v) is 9.08. The highest BCUT2D eigenvalue weighted by molar-refractivity contribution is 14.1. The van der Waals surface area contributed by atoms with E-state index in [2.05, 4.69) is 78.3 Å². The van der Waals surface area contributed by atoms with Gasteiger partial charge in [0.1, 0.15) is 0 Å². The highest BCUT2D eigenvalue weighted by atomic mass is 127. The van der Waals surface area contributed by atoms with E-state index in [1.54, 1.807) is 0 Å². The Morgan fingerprint density at radius 2 is 1.69 bits per heavy atom. The van der Waals surface area contributed by atoms with Crippen molar-refractivity contribution >= 4 is 34.2 Å². The molecule has 0 aromatic heterocycles. The fourth-order valence-corrected chi connectivity index (χ4v) is 5.15. The highest BCUT2D eigenvalue weighted by Crippen LogP contribution is 2.23. The van der Waals surface area contributed by atoms with Gasteiger partial charge in [-0.3, -0.25) is 0 Å². The first-order chi connectivity index (χ1) is 5.99. The molecule has 1 aromatic rings. The third-order valence-corrected chi connectivity index (χ3v) is 4.29. The fourth-order valence-electron chi connectivity index (χ4n) is 1.06. The third kappa shape index (κ3) is 4.09. The molecular formula is C11H15ISi. The van der Waals surface area contributed by atoms with Crippen LogP contribution in [0.1, 0.15) is 5.56 Å². The Morgan fingerprint density at radius 1 is 1.15 bits per heavy atom. The molecule has 0 radical (unpaired) electrons. The molecule has 0 saturated heterocycles. The van der Waals surface area contributed by atoms with Gasteiger partial charge in [0.25, 0.3) is 0 Å². The van der Waals surface area contributed by atoms with Crippen molar-refractivity contribution in [2.45, 2.75) is 19.6 Å². The zero-order valence-electron chi connectivity index (χ0n) is 8.34. The van der Waals surface area contributed by atoms with Gasteiger partial charge in [0.2, 0.25) is 0 Å². The summed E-state index contributed by atoms with van der Waals surface area (Å²) in [5.41, 5.74) is 3.77. The molecule has 0 N–H and O–H groups in total. The number of hydrogen-bond donors (Lipinski definition) is 0. The Morgan fingerprint density at radius 3 is 2.15 bits per heavy atom. The van der Waals surface area contributed by atoms with E-state index in [1.165, 1.54) is 9.14 Å². The van der Waals surface area contributed by atoms with E-state index in [1.807, 2.05) is 0 Å². The number of benzene rings is 1. The van der Waals surface area contributed by atoms with Crippen molar-refractivity contribution in [2.24, 2.45) is 0 Å². The maximum atomic E-state index is 2.43. The lowest BCUT2D eigenvalue weighted by Crippen LogP contribution is -2.15. The normalized spacial score (nSPS) is 13.1. The second kappa shape index (κ2) is 4.42. The summed E-state index contributed by atoms with van der Waals surface area (Å²) in [6.45, 7) is 7.07. The van der Waals surface area contributed by atoms with Crippen LogP contribution in [0.15, 0.2) is 36.0 Å². The van der Waals surface area contributed by atoms with Gasteiger partial charge in [-0.1, -0.05) is 55.7 Å². The largest absolute Gasteiger partial charge is 0.0813 e. The molecule has 0 spiro atoms. The predicted molar refractivity (Wildman–Crippen MR) is 71.8 cm³/mol. The summed E-state index contributed by atoms with van der Waals surface area (Å²) in [7, 11) is -1.07. The lowest BCUT2D eigenvalue weighted by Gasteiger charge is -2.10. The first kappa shape index (κ1) is 11.0. The standard InChI is InChI=1S/C11H15ISi/c1-13(2,3)9-11(12)10-7-5-4-6-8-10/h4-9H,1-3H3/b11-9-. The smallest absolute Gasteiger partial charge is 0.0701 e. The van der Waals surface area contributed by atoms with Crippen molar-refractivity contribution in [1.82, 2.24) is 0 Å². The van der Waals surface area contributed by atoms with E-state index < -0.39 is 8.07 Å². The zero-order chi connectivity index (χ0) is 9.90. The molecule has 2 heteroatoms. The van der Waals surface area contributed by atoms with Gasteiger partial charge in [0, 0.05) is 3.58 Å². The molecule has 0 saturated carbocycles. The van der Waals surface area contributed by atoms with Crippen molar-refractivity contribution < 1.29 is 0 Å². The van der Waals surface area contributed by atoms with Crippen molar-refractivity contribution in [3.05, 3.63) is 41.6 Å². The van der Waals surface area contributed by atoms with Gasteiger partial charge >= 0.3 is 0 Å². The van der Waals surface area contributed by atoms with Crippen molar-refractivity contribution in [2.75, 3.05) is 0 Å². The minimum absolute atomic E-state index is 1.07. The van der Waals surface area contributed by atoms with Crippen LogP contribution in [0.2, 0.25) is 19.6 Å². The minimum atomic E-state index is -1.07. The molecule has 0 fully saturated rings. The van der Waals surface area contributed by atoms with E-state index in [-0.39, 0.29) is 0 Å². The van der Waals surface area contributed by atoms with Crippen molar-refractivity contribution in [3.8, 4) is 0 Å². The average Bonchev–Trinajstić information content (AvgIpc) is 2.03. The topological polar surface area (TPSA) is 0 Å². The van der Waals surface area contributed by atoms with Crippen LogP contribution in [-0.2, 0) is 0 Å². The van der Waals surface area contributed by atoms with Gasteiger partial charge < -0.3 is 0 Å². The maximum absolute atomic E-state index is 2.43. The fraction of sp³-hybridized carbons (Fsp3) is 0.273. The van der Waals surface area contributed by atoms with Gasteiger partial charge in [-0.15, -0.1) is 0 Å². The molecule has 0 unspecified atom stereocenters. The third-order valence-electron chi connectivity index (χ3n) is 1.61. The van der Waals surface area contributed by atoms with Gasteiger partial charge in [-0.05, 0) is 28.2 Å². The minimum Gasteiger partial charge on any atom is -0.0813 e. The van der Waals surface area contributed by atoms with Crippen LogP contribution in [-0.4, -0.2) is 8.07 Å². The second-order valence-corrected chi connectivity index (χ2v) is 10.4. The monoisotopic (exact) mass is 302 g/mol. The summed E-state index contributed by atoms with van der Waals surface area (Å²) in [6, 6.07) is 10.6.